The van der Waals surface area contributed by atoms with E-state index in [1.165, 1.54) is 0 Å². The number of pyridine rings is 1. The fourth-order valence-corrected chi connectivity index (χ4v) is 1.46. The van der Waals surface area contributed by atoms with Gasteiger partial charge in [0, 0.05) is 6.54 Å². The summed E-state index contributed by atoms with van der Waals surface area (Å²) in [5, 5.41) is 6.30. The molecule has 1 heterocycles. The number of nitrogens with two attached hydrogens (primary N) is 1. The highest BCUT2D eigenvalue weighted by Gasteiger charge is 2.28. The molecule has 0 aliphatic rings. The molecule has 0 spiro atoms. The van der Waals surface area contributed by atoms with Crippen LogP contribution >= 0.6 is 0 Å². The molecule has 1 aromatic rings. The molecule has 1 rings (SSSR count). The largest absolute Gasteiger partial charge is 0.370 e. The Bertz CT molecular complexity index is 408. The van der Waals surface area contributed by atoms with Crippen LogP contribution in [-0.2, 0) is 4.79 Å². The van der Waals surface area contributed by atoms with Crippen LogP contribution in [0.1, 0.15) is 33.6 Å². The van der Waals surface area contributed by atoms with Crippen molar-refractivity contribution in [1.82, 2.24) is 4.98 Å². The fraction of sp³-hybridized carbons (Fsp3) is 0.538. The highest BCUT2D eigenvalue weighted by Crippen LogP contribution is 2.18. The average molecular weight is 250 g/mol. The lowest BCUT2D eigenvalue weighted by molar-refractivity contribution is -0.121. The lowest BCUT2D eigenvalue weighted by atomic mass is 9.98. The molecule has 0 aliphatic carbocycles. The number of hydrogen-bond acceptors (Lipinski definition) is 4. The van der Waals surface area contributed by atoms with Crippen LogP contribution in [0.5, 0.6) is 0 Å². The molecule has 18 heavy (non-hydrogen) atoms. The van der Waals surface area contributed by atoms with Crippen molar-refractivity contribution < 1.29 is 4.79 Å². The molecule has 0 aliphatic heterocycles. The molecule has 1 unspecified atom stereocenters. The van der Waals surface area contributed by atoms with Crippen LogP contribution in [0, 0.1) is 0 Å². The number of hydrogen-bond donors (Lipinski definition) is 3. The van der Waals surface area contributed by atoms with E-state index in [1.807, 2.05) is 25.1 Å². The number of rotatable bonds is 7. The normalized spacial score (nSPS) is 13.7. The van der Waals surface area contributed by atoms with Crippen molar-refractivity contribution in [2.45, 2.75) is 39.2 Å². The predicted octanol–water partition coefficient (Wildman–Crippen LogP) is 1.97. The zero-order valence-corrected chi connectivity index (χ0v) is 11.3. The van der Waals surface area contributed by atoms with Crippen LogP contribution in [-0.4, -0.2) is 23.0 Å². The zero-order valence-electron chi connectivity index (χ0n) is 11.3. The highest BCUT2D eigenvalue weighted by atomic mass is 16.1. The van der Waals surface area contributed by atoms with Gasteiger partial charge in [-0.25, -0.2) is 4.98 Å². The van der Waals surface area contributed by atoms with Gasteiger partial charge in [0.15, 0.2) is 0 Å². The standard InChI is InChI=1S/C13H22N4O/c1-4-9-15-10-7-6-8-11(16-10)17-13(3,5-2)12(14)18/h6-8H,4-5,9H2,1-3H3,(H2,14,18)(H2,15,16,17). The van der Waals surface area contributed by atoms with E-state index in [0.717, 1.165) is 18.8 Å². The predicted molar refractivity (Wildman–Crippen MR) is 74.5 cm³/mol. The fourth-order valence-electron chi connectivity index (χ4n) is 1.46. The molecule has 0 saturated heterocycles. The van der Waals surface area contributed by atoms with E-state index in [2.05, 4.69) is 22.5 Å². The first kappa shape index (κ1) is 14.3. The second kappa shape index (κ2) is 6.23. The molecule has 0 saturated carbocycles. The third kappa shape index (κ3) is 3.61. The molecule has 0 aromatic carbocycles. The van der Waals surface area contributed by atoms with Crippen LogP contribution in [0.3, 0.4) is 0 Å². The van der Waals surface area contributed by atoms with Crippen molar-refractivity contribution in [3.05, 3.63) is 18.2 Å². The molecule has 0 fully saturated rings. The second-order valence-electron chi connectivity index (χ2n) is 4.51. The van der Waals surface area contributed by atoms with Crippen molar-refractivity contribution >= 4 is 17.5 Å². The van der Waals surface area contributed by atoms with Gasteiger partial charge in [-0.3, -0.25) is 4.79 Å². The second-order valence-corrected chi connectivity index (χ2v) is 4.51. The molecule has 1 amide bonds. The summed E-state index contributed by atoms with van der Waals surface area (Å²) in [7, 11) is 0. The van der Waals surface area contributed by atoms with E-state index in [4.69, 9.17) is 5.73 Å². The Morgan fingerprint density at radius 2 is 2.06 bits per heavy atom. The Morgan fingerprint density at radius 1 is 1.39 bits per heavy atom. The van der Waals surface area contributed by atoms with Gasteiger partial charge in [0.2, 0.25) is 5.91 Å². The Hall–Kier alpha value is -1.78. The summed E-state index contributed by atoms with van der Waals surface area (Å²) in [4.78, 5) is 15.8. The molecule has 4 N–H and O–H groups in total. The Kier molecular flexibility index (Phi) is 4.95. The number of amides is 1. The van der Waals surface area contributed by atoms with Crippen molar-refractivity contribution in [2.75, 3.05) is 17.2 Å². The number of nitrogens with one attached hydrogen (secondary N) is 2. The first-order valence-corrected chi connectivity index (χ1v) is 6.31. The number of carbonyl (C=O) groups is 1. The summed E-state index contributed by atoms with van der Waals surface area (Å²) in [6.07, 6.45) is 1.64. The van der Waals surface area contributed by atoms with Crippen LogP contribution in [0.4, 0.5) is 11.6 Å². The number of primary amides is 1. The first-order chi connectivity index (χ1) is 8.51. The van der Waals surface area contributed by atoms with Gasteiger partial charge in [0.05, 0.1) is 0 Å². The maximum atomic E-state index is 11.4. The summed E-state index contributed by atoms with van der Waals surface area (Å²) in [5.41, 5.74) is 4.64. The minimum absolute atomic E-state index is 0.376. The molecule has 1 aromatic heterocycles. The molecule has 5 nitrogen and oxygen atoms in total. The van der Waals surface area contributed by atoms with Gasteiger partial charge in [0.1, 0.15) is 17.2 Å². The molecule has 0 radical (unpaired) electrons. The third-order valence-electron chi connectivity index (χ3n) is 2.96. The van der Waals surface area contributed by atoms with Crippen molar-refractivity contribution in [3.8, 4) is 0 Å². The molecular weight excluding hydrogens is 228 g/mol. The maximum Gasteiger partial charge on any atom is 0.242 e. The van der Waals surface area contributed by atoms with E-state index in [9.17, 15) is 4.79 Å². The zero-order chi connectivity index (χ0) is 13.6. The quantitative estimate of drug-likeness (QED) is 0.691. The van der Waals surface area contributed by atoms with E-state index in [1.54, 1.807) is 6.92 Å². The van der Waals surface area contributed by atoms with Crippen LogP contribution in [0.15, 0.2) is 18.2 Å². The lowest BCUT2D eigenvalue weighted by Crippen LogP contribution is -2.47. The number of carbonyl (C=O) groups excluding carboxylic acids is 1. The maximum absolute atomic E-state index is 11.4. The average Bonchev–Trinajstić information content (AvgIpc) is 2.36. The van der Waals surface area contributed by atoms with E-state index in [0.29, 0.717) is 12.2 Å². The summed E-state index contributed by atoms with van der Waals surface area (Å²) < 4.78 is 0. The Labute approximate surface area is 108 Å². The van der Waals surface area contributed by atoms with Gasteiger partial charge in [0.25, 0.3) is 0 Å². The molecule has 5 heteroatoms. The lowest BCUT2D eigenvalue weighted by Gasteiger charge is -2.26. The topological polar surface area (TPSA) is 80.0 Å². The Morgan fingerprint density at radius 3 is 2.61 bits per heavy atom. The van der Waals surface area contributed by atoms with Gasteiger partial charge in [-0.05, 0) is 31.9 Å². The summed E-state index contributed by atoms with van der Waals surface area (Å²) in [5.74, 6) is 1.07. The summed E-state index contributed by atoms with van der Waals surface area (Å²) >= 11 is 0. The SMILES string of the molecule is CCCNc1cccc(NC(C)(CC)C(N)=O)n1. The van der Waals surface area contributed by atoms with E-state index < -0.39 is 5.54 Å². The number of anilines is 2. The van der Waals surface area contributed by atoms with Gasteiger partial charge >= 0.3 is 0 Å². The van der Waals surface area contributed by atoms with Crippen molar-refractivity contribution in [2.24, 2.45) is 5.73 Å². The van der Waals surface area contributed by atoms with Gasteiger partial charge in [-0.2, -0.15) is 0 Å². The van der Waals surface area contributed by atoms with Gasteiger partial charge in [-0.1, -0.05) is 19.9 Å². The van der Waals surface area contributed by atoms with Crippen LogP contribution < -0.4 is 16.4 Å². The highest BCUT2D eigenvalue weighted by molar-refractivity contribution is 5.87. The number of aromatic nitrogens is 1. The van der Waals surface area contributed by atoms with E-state index in [-0.39, 0.29) is 5.91 Å². The number of nitrogens with zero attached hydrogens (tertiary/aromatic N) is 1. The first-order valence-electron chi connectivity index (χ1n) is 6.31. The van der Waals surface area contributed by atoms with Gasteiger partial charge < -0.3 is 16.4 Å². The molecule has 0 bridgehead atoms. The van der Waals surface area contributed by atoms with Gasteiger partial charge in [-0.15, -0.1) is 0 Å². The van der Waals surface area contributed by atoms with Crippen LogP contribution in [0.25, 0.3) is 0 Å². The molecular formula is C13H22N4O. The summed E-state index contributed by atoms with van der Waals surface area (Å²) in [6.45, 7) is 6.66. The monoisotopic (exact) mass is 250 g/mol. The summed E-state index contributed by atoms with van der Waals surface area (Å²) in [6, 6.07) is 5.62. The third-order valence-corrected chi connectivity index (χ3v) is 2.96. The minimum Gasteiger partial charge on any atom is -0.370 e. The van der Waals surface area contributed by atoms with E-state index >= 15 is 0 Å². The Balaban J connectivity index is 2.80. The molecule has 1 atom stereocenters. The van der Waals surface area contributed by atoms with Crippen LogP contribution in [0.2, 0.25) is 0 Å². The molecule has 100 valence electrons. The van der Waals surface area contributed by atoms with Crippen molar-refractivity contribution in [3.63, 3.8) is 0 Å². The van der Waals surface area contributed by atoms with Crippen molar-refractivity contribution in [1.29, 1.82) is 0 Å². The smallest absolute Gasteiger partial charge is 0.242 e. The minimum atomic E-state index is -0.767.